The van der Waals surface area contributed by atoms with E-state index in [1.54, 1.807) is 42.5 Å². The van der Waals surface area contributed by atoms with Gasteiger partial charge in [-0.05, 0) is 60.9 Å². The number of allylic oxidation sites excluding steroid dienone is 2. The first-order chi connectivity index (χ1) is 13.8. The fourth-order valence-corrected chi connectivity index (χ4v) is 4.14. The number of nitrogens with zero attached hydrogens (tertiary/aromatic N) is 1. The number of hydrogen-bond acceptors (Lipinski definition) is 4. The van der Waals surface area contributed by atoms with Crippen LogP contribution in [0.2, 0.25) is 0 Å². The molecule has 2 atom stereocenters. The molecule has 5 heteroatoms. The Bertz CT molecular complexity index is 958. The van der Waals surface area contributed by atoms with E-state index in [1.165, 1.54) is 11.6 Å². The second-order valence-corrected chi connectivity index (χ2v) is 8.14. The summed E-state index contributed by atoms with van der Waals surface area (Å²) in [6.07, 6.45) is 7.55. The average Bonchev–Trinajstić information content (AvgIpc) is 2.66. The highest BCUT2D eigenvalue weighted by molar-refractivity contribution is 5.73. The predicted octanol–water partition coefficient (Wildman–Crippen LogP) is 6.27. The van der Waals surface area contributed by atoms with Crippen LogP contribution in [0, 0.1) is 22.0 Å². The molecule has 0 aromatic heterocycles. The molecule has 0 amide bonds. The summed E-state index contributed by atoms with van der Waals surface area (Å²) in [7, 11) is 0. The third-order valence-electron chi connectivity index (χ3n) is 5.70. The molecule has 0 saturated carbocycles. The summed E-state index contributed by atoms with van der Waals surface area (Å²) in [6, 6.07) is 9.77. The summed E-state index contributed by atoms with van der Waals surface area (Å²) in [4.78, 5) is 11.5. The van der Waals surface area contributed by atoms with Crippen molar-refractivity contribution < 1.29 is 15.1 Å². The second-order valence-electron chi connectivity index (χ2n) is 8.14. The molecule has 0 saturated heterocycles. The number of phenols is 2. The van der Waals surface area contributed by atoms with E-state index < -0.39 is 4.92 Å². The van der Waals surface area contributed by atoms with Crippen molar-refractivity contribution in [3.8, 4) is 11.5 Å². The van der Waals surface area contributed by atoms with E-state index >= 15 is 0 Å². The molecule has 0 bridgehead atoms. The van der Waals surface area contributed by atoms with E-state index in [2.05, 4.69) is 19.9 Å². The van der Waals surface area contributed by atoms with Gasteiger partial charge in [0, 0.05) is 12.0 Å². The van der Waals surface area contributed by atoms with Crippen LogP contribution in [0.1, 0.15) is 56.2 Å². The van der Waals surface area contributed by atoms with Gasteiger partial charge in [-0.25, -0.2) is 0 Å². The Morgan fingerprint density at radius 1 is 1.10 bits per heavy atom. The number of aromatic hydroxyl groups is 2. The molecular formula is C24H27NO4. The lowest BCUT2D eigenvalue weighted by molar-refractivity contribution is -0.385. The van der Waals surface area contributed by atoms with Crippen molar-refractivity contribution in [2.75, 3.05) is 0 Å². The summed E-state index contributed by atoms with van der Waals surface area (Å²) in [5.74, 6) is 0.583. The Kier molecular flexibility index (Phi) is 6.06. The number of benzene rings is 2. The lowest BCUT2D eigenvalue weighted by Gasteiger charge is -2.33. The van der Waals surface area contributed by atoms with E-state index in [9.17, 15) is 20.3 Å². The predicted molar refractivity (Wildman–Crippen MR) is 116 cm³/mol. The highest BCUT2D eigenvalue weighted by Crippen LogP contribution is 2.47. The van der Waals surface area contributed by atoms with Crippen LogP contribution in [0.5, 0.6) is 11.5 Å². The van der Waals surface area contributed by atoms with Crippen LogP contribution >= 0.6 is 0 Å². The molecule has 1 aliphatic carbocycles. The molecule has 2 aromatic carbocycles. The van der Waals surface area contributed by atoms with E-state index in [0.29, 0.717) is 17.0 Å². The molecule has 0 radical (unpaired) electrons. The zero-order valence-electron chi connectivity index (χ0n) is 17.0. The van der Waals surface area contributed by atoms with Crippen LogP contribution in [-0.4, -0.2) is 15.1 Å². The monoisotopic (exact) mass is 393 g/mol. The first-order valence-electron chi connectivity index (χ1n) is 9.92. The fourth-order valence-electron chi connectivity index (χ4n) is 4.14. The minimum absolute atomic E-state index is 0.0360. The Hall–Kier alpha value is -3.08. The summed E-state index contributed by atoms with van der Waals surface area (Å²) >= 11 is 0. The Morgan fingerprint density at radius 3 is 2.38 bits per heavy atom. The van der Waals surface area contributed by atoms with Crippen LogP contribution < -0.4 is 0 Å². The smallest absolute Gasteiger partial charge is 0.277 e. The Balaban J connectivity index is 2.04. The fraction of sp³-hybridized carbons (Fsp3) is 0.333. The molecule has 2 aromatic rings. The quantitative estimate of drug-likeness (QED) is 0.271. The van der Waals surface area contributed by atoms with Gasteiger partial charge in [-0.2, -0.15) is 0 Å². The first-order valence-corrected chi connectivity index (χ1v) is 9.92. The van der Waals surface area contributed by atoms with Crippen LogP contribution in [0.15, 0.2) is 48.0 Å². The van der Waals surface area contributed by atoms with Gasteiger partial charge in [-0.3, -0.25) is 10.1 Å². The number of rotatable bonds is 5. The lowest BCUT2D eigenvalue weighted by Crippen LogP contribution is -2.22. The van der Waals surface area contributed by atoms with Gasteiger partial charge in [0.2, 0.25) is 0 Å². The highest BCUT2D eigenvalue weighted by Gasteiger charge is 2.34. The molecule has 0 heterocycles. The SMILES string of the molecule is CC1=CC(c2c(O)cc(/C=C/c3ccc(O)cc3)cc2[N+](=O)[O-])C(C(C)C)CC1. The maximum atomic E-state index is 11.9. The molecular weight excluding hydrogens is 366 g/mol. The summed E-state index contributed by atoms with van der Waals surface area (Å²) < 4.78 is 0. The molecule has 0 spiro atoms. The largest absolute Gasteiger partial charge is 0.508 e. The summed E-state index contributed by atoms with van der Waals surface area (Å²) in [5, 5.41) is 32.0. The second kappa shape index (κ2) is 8.52. The van der Waals surface area contributed by atoms with Gasteiger partial charge in [-0.1, -0.05) is 49.8 Å². The minimum atomic E-state index is -0.401. The van der Waals surface area contributed by atoms with E-state index in [4.69, 9.17) is 0 Å². The lowest BCUT2D eigenvalue weighted by atomic mass is 9.71. The number of nitro groups is 1. The van der Waals surface area contributed by atoms with Crippen molar-refractivity contribution in [1.82, 2.24) is 0 Å². The molecule has 2 N–H and O–H groups in total. The molecule has 152 valence electrons. The van der Waals surface area contributed by atoms with E-state index in [1.807, 2.05) is 6.92 Å². The normalized spacial score (nSPS) is 19.5. The van der Waals surface area contributed by atoms with Gasteiger partial charge in [0.25, 0.3) is 5.69 Å². The standard InChI is InChI=1S/C24H27NO4/c1-15(2)20-11-4-16(3)12-21(20)24-22(25(28)29)13-18(14-23(24)27)6-5-17-7-9-19(26)10-8-17/h5-10,12-15,20-21,26-27H,4,11H2,1-3H3/b6-5+. The zero-order valence-corrected chi connectivity index (χ0v) is 17.0. The summed E-state index contributed by atoms with van der Waals surface area (Å²) in [5.41, 5.74) is 2.98. The number of nitro benzene ring substituents is 1. The van der Waals surface area contributed by atoms with Gasteiger partial charge in [-0.15, -0.1) is 0 Å². The van der Waals surface area contributed by atoms with E-state index in [-0.39, 0.29) is 29.0 Å². The molecule has 3 rings (SSSR count). The van der Waals surface area contributed by atoms with Crippen molar-refractivity contribution in [2.45, 2.75) is 39.5 Å². The minimum Gasteiger partial charge on any atom is -0.508 e. The molecule has 0 aliphatic heterocycles. The van der Waals surface area contributed by atoms with Gasteiger partial charge in [0.05, 0.1) is 10.5 Å². The summed E-state index contributed by atoms with van der Waals surface area (Å²) in [6.45, 7) is 6.30. The molecule has 5 nitrogen and oxygen atoms in total. The third kappa shape index (κ3) is 4.67. The topological polar surface area (TPSA) is 83.6 Å². The molecule has 2 unspecified atom stereocenters. The molecule has 29 heavy (non-hydrogen) atoms. The Morgan fingerprint density at radius 2 is 1.76 bits per heavy atom. The van der Waals surface area contributed by atoms with Gasteiger partial charge >= 0.3 is 0 Å². The van der Waals surface area contributed by atoms with Gasteiger partial charge < -0.3 is 10.2 Å². The Labute approximate surface area is 171 Å². The third-order valence-corrected chi connectivity index (χ3v) is 5.70. The van der Waals surface area contributed by atoms with Crippen molar-refractivity contribution in [3.05, 3.63) is 74.9 Å². The van der Waals surface area contributed by atoms with Crippen LogP contribution in [0.4, 0.5) is 5.69 Å². The zero-order chi connectivity index (χ0) is 21.1. The molecule has 0 fully saturated rings. The van der Waals surface area contributed by atoms with E-state index in [0.717, 1.165) is 18.4 Å². The van der Waals surface area contributed by atoms with Crippen LogP contribution in [0.3, 0.4) is 0 Å². The first kappa shape index (κ1) is 20.6. The maximum absolute atomic E-state index is 11.9. The van der Waals surface area contributed by atoms with Crippen molar-refractivity contribution in [1.29, 1.82) is 0 Å². The van der Waals surface area contributed by atoms with Crippen molar-refractivity contribution in [2.24, 2.45) is 11.8 Å². The van der Waals surface area contributed by atoms with Crippen LogP contribution in [0.25, 0.3) is 12.2 Å². The van der Waals surface area contributed by atoms with Crippen molar-refractivity contribution >= 4 is 17.8 Å². The average molecular weight is 393 g/mol. The van der Waals surface area contributed by atoms with Gasteiger partial charge in [0.1, 0.15) is 11.5 Å². The van der Waals surface area contributed by atoms with Crippen molar-refractivity contribution in [3.63, 3.8) is 0 Å². The highest BCUT2D eigenvalue weighted by atomic mass is 16.6. The maximum Gasteiger partial charge on any atom is 0.277 e. The molecule has 1 aliphatic rings. The number of hydrogen-bond donors (Lipinski definition) is 2. The van der Waals surface area contributed by atoms with Gasteiger partial charge in [0.15, 0.2) is 0 Å². The van der Waals surface area contributed by atoms with Crippen LogP contribution in [-0.2, 0) is 0 Å². The number of phenolic OH excluding ortho intramolecular Hbond substituents is 2.